The van der Waals surface area contributed by atoms with Gasteiger partial charge in [0, 0.05) is 19.4 Å². The Balaban J connectivity index is 2.15. The van der Waals surface area contributed by atoms with Gasteiger partial charge in [-0.15, -0.1) is 0 Å². The molecule has 112 valence electrons. The van der Waals surface area contributed by atoms with E-state index in [9.17, 15) is 19.5 Å². The summed E-state index contributed by atoms with van der Waals surface area (Å²) in [6.45, 7) is 1.61. The summed E-state index contributed by atoms with van der Waals surface area (Å²) in [6, 6.07) is 9.01. The number of carboxylic acid groups (broad SMARTS) is 1. The van der Waals surface area contributed by atoms with Crippen molar-refractivity contribution >= 4 is 17.8 Å². The summed E-state index contributed by atoms with van der Waals surface area (Å²) in [5.41, 5.74) is -0.170. The predicted octanol–water partition coefficient (Wildman–Crippen LogP) is 0.539. The highest BCUT2D eigenvalue weighted by atomic mass is 16.4. The number of aliphatic carboxylic acids is 1. The van der Waals surface area contributed by atoms with Crippen LogP contribution in [0.15, 0.2) is 30.3 Å². The summed E-state index contributed by atoms with van der Waals surface area (Å²) in [7, 11) is 0. The third-order valence-electron chi connectivity index (χ3n) is 3.85. The Morgan fingerprint density at radius 1 is 1.33 bits per heavy atom. The maximum atomic E-state index is 12.5. The van der Waals surface area contributed by atoms with Crippen LogP contribution in [0.3, 0.4) is 0 Å². The van der Waals surface area contributed by atoms with Gasteiger partial charge in [0.25, 0.3) is 0 Å². The summed E-state index contributed by atoms with van der Waals surface area (Å²) in [6.07, 6.45) is -1.69. The molecule has 1 aromatic rings. The summed E-state index contributed by atoms with van der Waals surface area (Å²) in [4.78, 5) is 36.1. The molecule has 2 rings (SSSR count). The zero-order valence-electron chi connectivity index (χ0n) is 11.7. The van der Waals surface area contributed by atoms with Crippen LogP contribution in [-0.4, -0.2) is 45.5 Å². The number of hydrogen-bond acceptors (Lipinski definition) is 4. The monoisotopic (exact) mass is 291 g/mol. The average molecular weight is 291 g/mol. The second kappa shape index (κ2) is 5.65. The number of likely N-dealkylation sites (tertiary alicyclic amines) is 1. The molecule has 0 radical (unpaired) electrons. The maximum absolute atomic E-state index is 12.5. The van der Waals surface area contributed by atoms with Gasteiger partial charge < -0.3 is 10.2 Å². The van der Waals surface area contributed by atoms with Crippen molar-refractivity contribution in [1.82, 2.24) is 4.90 Å². The largest absolute Gasteiger partial charge is 0.479 e. The highest BCUT2D eigenvalue weighted by Crippen LogP contribution is 2.36. The van der Waals surface area contributed by atoms with Gasteiger partial charge in [-0.25, -0.2) is 4.79 Å². The third kappa shape index (κ3) is 2.80. The van der Waals surface area contributed by atoms with Gasteiger partial charge in [0.15, 0.2) is 6.10 Å². The van der Waals surface area contributed by atoms with Gasteiger partial charge in [-0.1, -0.05) is 30.3 Å². The number of aliphatic hydroxyl groups is 1. The van der Waals surface area contributed by atoms with E-state index in [0.29, 0.717) is 0 Å². The lowest BCUT2D eigenvalue weighted by Gasteiger charge is -2.22. The minimum absolute atomic E-state index is 0.0546. The van der Waals surface area contributed by atoms with Crippen LogP contribution in [0, 0.1) is 0 Å². The summed E-state index contributed by atoms with van der Waals surface area (Å²) in [5, 5.41) is 17.9. The number of rotatable bonds is 5. The van der Waals surface area contributed by atoms with Crippen molar-refractivity contribution in [2.45, 2.75) is 31.3 Å². The van der Waals surface area contributed by atoms with Gasteiger partial charge in [-0.2, -0.15) is 0 Å². The lowest BCUT2D eigenvalue weighted by atomic mass is 9.81. The Kier molecular flexibility index (Phi) is 4.09. The molecule has 0 aliphatic carbocycles. The molecular weight excluding hydrogens is 274 g/mol. The Morgan fingerprint density at radius 2 is 1.95 bits per heavy atom. The molecule has 1 heterocycles. The lowest BCUT2D eigenvalue weighted by Crippen LogP contribution is -2.38. The van der Waals surface area contributed by atoms with Crippen molar-refractivity contribution in [1.29, 1.82) is 0 Å². The van der Waals surface area contributed by atoms with E-state index in [1.54, 1.807) is 31.2 Å². The van der Waals surface area contributed by atoms with E-state index in [1.165, 1.54) is 0 Å². The molecule has 6 heteroatoms. The molecule has 1 aliphatic heterocycles. The number of carbonyl (C=O) groups excluding carboxylic acids is 2. The Hall–Kier alpha value is -2.21. The number of carbonyl (C=O) groups is 3. The standard InChI is InChI=1S/C15H17NO5/c1-15(10-5-3-2-4-6-10)9-12(18)16(14(15)21)8-7-11(17)13(19)20/h2-6,11,17H,7-9H2,1H3,(H,19,20). The fraction of sp³-hybridized carbons (Fsp3) is 0.400. The van der Waals surface area contributed by atoms with Gasteiger partial charge in [0.1, 0.15) is 0 Å². The fourth-order valence-electron chi connectivity index (χ4n) is 2.52. The number of nitrogens with zero attached hydrogens (tertiary/aromatic N) is 1. The highest BCUT2D eigenvalue weighted by Gasteiger charge is 2.49. The van der Waals surface area contributed by atoms with E-state index >= 15 is 0 Å². The molecule has 0 spiro atoms. The quantitative estimate of drug-likeness (QED) is 0.772. The van der Waals surface area contributed by atoms with Crippen molar-refractivity contribution in [3.8, 4) is 0 Å². The number of imide groups is 1. The second-order valence-corrected chi connectivity index (χ2v) is 5.37. The van der Waals surface area contributed by atoms with Crippen LogP contribution in [0.2, 0.25) is 0 Å². The smallest absolute Gasteiger partial charge is 0.332 e. The molecule has 21 heavy (non-hydrogen) atoms. The zero-order valence-corrected chi connectivity index (χ0v) is 11.7. The highest BCUT2D eigenvalue weighted by molar-refractivity contribution is 6.08. The summed E-state index contributed by atoms with van der Waals surface area (Å²) in [5.74, 6) is -2.06. The van der Waals surface area contributed by atoms with E-state index in [1.807, 2.05) is 6.07 Å². The normalized spacial score (nSPS) is 23.4. The molecule has 0 aromatic heterocycles. The van der Waals surface area contributed by atoms with Crippen molar-refractivity contribution < 1.29 is 24.6 Å². The van der Waals surface area contributed by atoms with Gasteiger partial charge in [-0.05, 0) is 12.5 Å². The number of aliphatic hydroxyl groups excluding tert-OH is 1. The molecule has 0 saturated carbocycles. The molecule has 2 amide bonds. The predicted molar refractivity (Wildman–Crippen MR) is 73.4 cm³/mol. The van der Waals surface area contributed by atoms with Crippen LogP contribution < -0.4 is 0 Å². The lowest BCUT2D eigenvalue weighted by molar-refractivity contribution is -0.149. The van der Waals surface area contributed by atoms with Gasteiger partial charge in [-0.3, -0.25) is 14.5 Å². The molecule has 2 unspecified atom stereocenters. The van der Waals surface area contributed by atoms with Crippen LogP contribution in [0.5, 0.6) is 0 Å². The zero-order chi connectivity index (χ0) is 15.6. The maximum Gasteiger partial charge on any atom is 0.332 e. The average Bonchev–Trinajstić information content (AvgIpc) is 2.68. The van der Waals surface area contributed by atoms with Crippen molar-refractivity contribution in [2.24, 2.45) is 0 Å². The summed E-state index contributed by atoms with van der Waals surface area (Å²) >= 11 is 0. The summed E-state index contributed by atoms with van der Waals surface area (Å²) < 4.78 is 0. The minimum Gasteiger partial charge on any atom is -0.479 e. The van der Waals surface area contributed by atoms with Crippen LogP contribution in [0.4, 0.5) is 0 Å². The number of hydrogen-bond donors (Lipinski definition) is 2. The second-order valence-electron chi connectivity index (χ2n) is 5.37. The van der Waals surface area contributed by atoms with E-state index in [2.05, 4.69) is 0 Å². The van der Waals surface area contributed by atoms with E-state index in [0.717, 1.165) is 10.5 Å². The first-order chi connectivity index (χ1) is 9.86. The number of amides is 2. The number of carboxylic acids is 1. The van der Waals surface area contributed by atoms with Crippen molar-refractivity contribution in [2.75, 3.05) is 6.54 Å². The molecule has 0 bridgehead atoms. The molecule has 6 nitrogen and oxygen atoms in total. The Bertz CT molecular complexity index is 571. The molecule has 1 fully saturated rings. The topological polar surface area (TPSA) is 94.9 Å². The van der Waals surface area contributed by atoms with Crippen LogP contribution in [0.1, 0.15) is 25.3 Å². The third-order valence-corrected chi connectivity index (χ3v) is 3.85. The van der Waals surface area contributed by atoms with Gasteiger partial charge >= 0.3 is 5.97 Å². The Labute approximate surface area is 122 Å². The molecular formula is C15H17NO5. The fourth-order valence-corrected chi connectivity index (χ4v) is 2.52. The van der Waals surface area contributed by atoms with Crippen molar-refractivity contribution in [3.05, 3.63) is 35.9 Å². The molecule has 1 saturated heterocycles. The van der Waals surface area contributed by atoms with Crippen LogP contribution >= 0.6 is 0 Å². The first kappa shape index (κ1) is 15.2. The van der Waals surface area contributed by atoms with Crippen LogP contribution in [-0.2, 0) is 19.8 Å². The van der Waals surface area contributed by atoms with E-state index in [-0.39, 0.29) is 31.2 Å². The van der Waals surface area contributed by atoms with E-state index < -0.39 is 17.5 Å². The molecule has 1 aromatic carbocycles. The number of benzene rings is 1. The Morgan fingerprint density at radius 3 is 2.52 bits per heavy atom. The van der Waals surface area contributed by atoms with Crippen molar-refractivity contribution in [3.63, 3.8) is 0 Å². The minimum atomic E-state index is -1.57. The van der Waals surface area contributed by atoms with Crippen LogP contribution in [0.25, 0.3) is 0 Å². The molecule has 1 aliphatic rings. The van der Waals surface area contributed by atoms with Gasteiger partial charge in [0.2, 0.25) is 11.8 Å². The SMILES string of the molecule is CC1(c2ccccc2)CC(=O)N(CCC(O)C(=O)O)C1=O. The molecule has 2 N–H and O–H groups in total. The van der Waals surface area contributed by atoms with E-state index in [4.69, 9.17) is 5.11 Å². The first-order valence-electron chi connectivity index (χ1n) is 6.67. The first-order valence-corrected chi connectivity index (χ1v) is 6.67. The van der Waals surface area contributed by atoms with Gasteiger partial charge in [0.05, 0.1) is 5.41 Å². The molecule has 2 atom stereocenters.